The molecule has 1 heterocycles. The topological polar surface area (TPSA) is 36.9 Å². The van der Waals surface area contributed by atoms with Gasteiger partial charge in [-0.2, -0.15) is 5.10 Å². The average molecular weight is 337 g/mol. The standard InChI is InChI=1S/C21H27N3O/c1-15-6-11-19-18(12-15)21(2,14-22-24(3)4)13-20(23-19)16-7-9-17(25-5)10-8-16/h6-12,14,20,23H,13H2,1-5H3/b22-14+/t20-,21+/m0/s1. The molecule has 132 valence electrons. The van der Waals surface area contributed by atoms with Gasteiger partial charge < -0.3 is 15.1 Å². The van der Waals surface area contributed by atoms with Gasteiger partial charge in [0.05, 0.1) is 13.2 Å². The molecule has 1 N–H and O–H groups in total. The number of benzene rings is 2. The Kier molecular flexibility index (Phi) is 4.71. The van der Waals surface area contributed by atoms with Gasteiger partial charge in [-0.1, -0.05) is 36.8 Å². The number of fused-ring (bicyclic) bond motifs is 1. The Bertz CT molecular complexity index is 767. The van der Waals surface area contributed by atoms with E-state index < -0.39 is 0 Å². The zero-order chi connectivity index (χ0) is 18.0. The minimum absolute atomic E-state index is 0.124. The fourth-order valence-corrected chi connectivity index (χ4v) is 3.43. The van der Waals surface area contributed by atoms with Crippen LogP contribution in [0.5, 0.6) is 5.75 Å². The molecular weight excluding hydrogens is 310 g/mol. The number of rotatable bonds is 4. The van der Waals surface area contributed by atoms with Crippen LogP contribution < -0.4 is 10.1 Å². The molecule has 4 nitrogen and oxygen atoms in total. The summed E-state index contributed by atoms with van der Waals surface area (Å²) in [6, 6.07) is 15.2. The largest absolute Gasteiger partial charge is 0.497 e. The molecule has 1 aliphatic rings. The zero-order valence-corrected chi connectivity index (χ0v) is 15.7. The lowest BCUT2D eigenvalue weighted by molar-refractivity contribution is 0.414. The van der Waals surface area contributed by atoms with E-state index in [-0.39, 0.29) is 11.5 Å². The van der Waals surface area contributed by atoms with Crippen molar-refractivity contribution in [2.24, 2.45) is 5.10 Å². The maximum absolute atomic E-state index is 5.28. The predicted octanol–water partition coefficient (Wildman–Crippen LogP) is 4.37. The molecule has 0 spiro atoms. The highest BCUT2D eigenvalue weighted by Crippen LogP contribution is 2.43. The molecule has 1 aliphatic heterocycles. The average Bonchev–Trinajstić information content (AvgIpc) is 2.61. The number of hydrazone groups is 1. The molecule has 4 heteroatoms. The Morgan fingerprint density at radius 1 is 1.20 bits per heavy atom. The second-order valence-corrected chi connectivity index (χ2v) is 7.23. The predicted molar refractivity (Wildman–Crippen MR) is 105 cm³/mol. The van der Waals surface area contributed by atoms with E-state index in [2.05, 4.69) is 60.8 Å². The lowest BCUT2D eigenvalue weighted by Gasteiger charge is -2.39. The molecule has 2 aromatic carbocycles. The Morgan fingerprint density at radius 3 is 2.56 bits per heavy atom. The molecule has 0 saturated heterocycles. The van der Waals surface area contributed by atoms with Crippen LogP contribution in [-0.4, -0.2) is 32.4 Å². The highest BCUT2D eigenvalue weighted by atomic mass is 16.5. The third-order valence-corrected chi connectivity index (χ3v) is 4.84. The Hall–Kier alpha value is -2.49. The minimum Gasteiger partial charge on any atom is -0.497 e. The maximum atomic E-state index is 5.28. The summed E-state index contributed by atoms with van der Waals surface area (Å²) in [4.78, 5) is 0. The van der Waals surface area contributed by atoms with Crippen molar-refractivity contribution in [3.8, 4) is 5.75 Å². The number of hydrogen-bond acceptors (Lipinski definition) is 4. The summed E-state index contributed by atoms with van der Waals surface area (Å²) in [6.45, 7) is 4.41. The smallest absolute Gasteiger partial charge is 0.118 e. The van der Waals surface area contributed by atoms with E-state index >= 15 is 0 Å². The lowest BCUT2D eigenvalue weighted by Crippen LogP contribution is -2.35. The van der Waals surface area contributed by atoms with Crippen LogP contribution >= 0.6 is 0 Å². The van der Waals surface area contributed by atoms with Crippen molar-refractivity contribution in [3.05, 3.63) is 59.2 Å². The van der Waals surface area contributed by atoms with Crippen LogP contribution in [0.1, 0.15) is 36.1 Å². The fourth-order valence-electron chi connectivity index (χ4n) is 3.43. The number of ether oxygens (including phenoxy) is 1. The van der Waals surface area contributed by atoms with Gasteiger partial charge in [-0.25, -0.2) is 0 Å². The van der Waals surface area contributed by atoms with Crippen molar-refractivity contribution >= 4 is 11.9 Å². The number of aryl methyl sites for hydroxylation is 1. The molecule has 2 aromatic rings. The first-order valence-electron chi connectivity index (χ1n) is 8.65. The van der Waals surface area contributed by atoms with E-state index in [9.17, 15) is 0 Å². The number of nitrogens with zero attached hydrogens (tertiary/aromatic N) is 2. The molecule has 0 radical (unpaired) electrons. The molecule has 25 heavy (non-hydrogen) atoms. The third-order valence-electron chi connectivity index (χ3n) is 4.84. The molecule has 0 bridgehead atoms. The van der Waals surface area contributed by atoms with E-state index in [4.69, 9.17) is 4.74 Å². The van der Waals surface area contributed by atoms with Gasteiger partial charge in [0, 0.05) is 31.4 Å². The molecule has 0 fully saturated rings. The van der Waals surface area contributed by atoms with Crippen LogP contribution in [0.15, 0.2) is 47.6 Å². The lowest BCUT2D eigenvalue weighted by atomic mass is 9.73. The van der Waals surface area contributed by atoms with Gasteiger partial charge in [0.15, 0.2) is 0 Å². The summed E-state index contributed by atoms with van der Waals surface area (Å²) in [5.74, 6) is 0.882. The van der Waals surface area contributed by atoms with Gasteiger partial charge in [-0.05, 0) is 42.7 Å². The molecule has 0 unspecified atom stereocenters. The zero-order valence-electron chi connectivity index (χ0n) is 15.7. The van der Waals surface area contributed by atoms with Crippen LogP contribution in [0.3, 0.4) is 0 Å². The summed E-state index contributed by atoms with van der Waals surface area (Å²) in [7, 11) is 5.61. The van der Waals surface area contributed by atoms with Gasteiger partial charge in [0.25, 0.3) is 0 Å². The van der Waals surface area contributed by atoms with Crippen molar-refractivity contribution in [1.82, 2.24) is 5.01 Å². The first-order chi connectivity index (χ1) is 11.9. The molecule has 0 aromatic heterocycles. The highest BCUT2D eigenvalue weighted by molar-refractivity contribution is 5.79. The SMILES string of the molecule is COc1ccc([C@@H]2C[C@](C)(/C=N/N(C)C)c3cc(C)ccc3N2)cc1. The highest BCUT2D eigenvalue weighted by Gasteiger charge is 2.36. The van der Waals surface area contributed by atoms with Crippen LogP contribution in [-0.2, 0) is 5.41 Å². The molecule has 0 aliphatic carbocycles. The van der Waals surface area contributed by atoms with Gasteiger partial charge in [-0.15, -0.1) is 0 Å². The molecule has 0 saturated carbocycles. The van der Waals surface area contributed by atoms with E-state index in [1.807, 2.05) is 31.2 Å². The molecule has 3 rings (SSSR count). The summed E-state index contributed by atoms with van der Waals surface area (Å²) in [5.41, 5.74) is 4.90. The van der Waals surface area contributed by atoms with Crippen molar-refractivity contribution < 1.29 is 4.74 Å². The van der Waals surface area contributed by atoms with Crippen molar-refractivity contribution in [1.29, 1.82) is 0 Å². The fraction of sp³-hybridized carbons (Fsp3) is 0.381. The van der Waals surface area contributed by atoms with Crippen molar-refractivity contribution in [3.63, 3.8) is 0 Å². The van der Waals surface area contributed by atoms with E-state index in [0.29, 0.717) is 0 Å². The minimum atomic E-state index is -0.124. The Morgan fingerprint density at radius 2 is 1.92 bits per heavy atom. The number of anilines is 1. The first kappa shape index (κ1) is 17.3. The van der Waals surface area contributed by atoms with Gasteiger partial charge in [0.1, 0.15) is 5.75 Å². The van der Waals surface area contributed by atoms with Crippen LogP contribution in [0.4, 0.5) is 5.69 Å². The second-order valence-electron chi connectivity index (χ2n) is 7.23. The number of hydrogen-bond donors (Lipinski definition) is 1. The third kappa shape index (κ3) is 3.63. The van der Waals surface area contributed by atoms with Crippen LogP contribution in [0.2, 0.25) is 0 Å². The van der Waals surface area contributed by atoms with E-state index in [0.717, 1.165) is 12.2 Å². The summed E-state index contributed by atoms with van der Waals surface area (Å²) < 4.78 is 5.28. The quantitative estimate of drug-likeness (QED) is 0.665. The number of methoxy groups -OCH3 is 1. The normalized spacial score (nSPS) is 22.4. The summed E-state index contributed by atoms with van der Waals surface area (Å²) in [6.07, 6.45) is 3.04. The van der Waals surface area contributed by atoms with Crippen LogP contribution in [0.25, 0.3) is 0 Å². The van der Waals surface area contributed by atoms with Gasteiger partial charge in [0.2, 0.25) is 0 Å². The summed E-state index contributed by atoms with van der Waals surface area (Å²) >= 11 is 0. The van der Waals surface area contributed by atoms with Gasteiger partial charge >= 0.3 is 0 Å². The molecular formula is C21H27N3O. The van der Waals surface area contributed by atoms with E-state index in [1.165, 1.54) is 22.4 Å². The van der Waals surface area contributed by atoms with E-state index in [1.54, 1.807) is 7.11 Å². The Balaban J connectivity index is 2.00. The molecule has 2 atom stereocenters. The van der Waals surface area contributed by atoms with Crippen molar-refractivity contribution in [2.75, 3.05) is 26.5 Å². The summed E-state index contributed by atoms with van der Waals surface area (Å²) in [5, 5.41) is 10.1. The van der Waals surface area contributed by atoms with Crippen LogP contribution in [0, 0.1) is 6.92 Å². The maximum Gasteiger partial charge on any atom is 0.118 e. The number of nitrogens with one attached hydrogen (secondary N) is 1. The molecule has 0 amide bonds. The van der Waals surface area contributed by atoms with Gasteiger partial charge in [-0.3, -0.25) is 0 Å². The second kappa shape index (κ2) is 6.79. The first-order valence-corrected chi connectivity index (χ1v) is 8.65. The Labute approximate surface area is 150 Å². The van der Waals surface area contributed by atoms with Crippen molar-refractivity contribution in [2.45, 2.75) is 31.7 Å². The monoisotopic (exact) mass is 337 g/mol.